The molecule has 5 saturated carbocycles. The van der Waals surface area contributed by atoms with E-state index in [-0.39, 0.29) is 30.7 Å². The number of hydrogen-bond acceptors (Lipinski definition) is 3. The minimum absolute atomic E-state index is 0. The van der Waals surface area contributed by atoms with Crippen LogP contribution in [0.5, 0.6) is 0 Å². The maximum atomic E-state index is 13.1. The van der Waals surface area contributed by atoms with Gasteiger partial charge in [-0.25, -0.2) is 0 Å². The Balaban J connectivity index is 0.00000153. The summed E-state index contributed by atoms with van der Waals surface area (Å²) in [6, 6.07) is 6.45. The van der Waals surface area contributed by atoms with Crippen molar-refractivity contribution in [2.45, 2.75) is 76.8 Å². The largest absolute Gasteiger partial charge is 0.351 e. The summed E-state index contributed by atoms with van der Waals surface area (Å²) < 4.78 is 0. The fraction of sp³-hybridized carbons (Fsp3) is 0.731. The van der Waals surface area contributed by atoms with Crippen LogP contribution in [-0.4, -0.2) is 25.0 Å². The van der Waals surface area contributed by atoms with Gasteiger partial charge in [0.2, 0.25) is 0 Å². The van der Waals surface area contributed by atoms with Gasteiger partial charge in [-0.05, 0) is 118 Å². The molecule has 0 spiro atoms. The first-order chi connectivity index (χ1) is 15.0. The fourth-order valence-electron chi connectivity index (χ4n) is 7.59. The maximum absolute atomic E-state index is 13.1. The highest BCUT2D eigenvalue weighted by atomic mass is 35.5. The van der Waals surface area contributed by atoms with Crippen molar-refractivity contribution in [3.8, 4) is 0 Å². The Labute approximate surface area is 216 Å². The summed E-state index contributed by atoms with van der Waals surface area (Å²) in [7, 11) is 0. The number of amides is 1. The highest BCUT2D eigenvalue weighted by molar-refractivity contribution is 6.33. The zero-order valence-corrected chi connectivity index (χ0v) is 21.9. The number of hydrogen-bond donors (Lipinski definition) is 3. The van der Waals surface area contributed by atoms with E-state index in [1.807, 2.05) is 18.2 Å². The second-order valence-corrected chi connectivity index (χ2v) is 11.7. The van der Waals surface area contributed by atoms with E-state index in [1.54, 1.807) is 0 Å². The molecule has 5 aliphatic rings. The van der Waals surface area contributed by atoms with Gasteiger partial charge >= 0.3 is 0 Å². The molecule has 4 N–H and O–H groups in total. The van der Waals surface area contributed by atoms with E-state index in [0.717, 1.165) is 43.0 Å². The quantitative estimate of drug-likeness (QED) is 0.433. The smallest absolute Gasteiger partial charge is 0.252 e. The maximum Gasteiger partial charge on any atom is 0.252 e. The Morgan fingerprint density at radius 3 is 2.18 bits per heavy atom. The summed E-state index contributed by atoms with van der Waals surface area (Å²) in [5.74, 6) is 3.40. The van der Waals surface area contributed by atoms with Gasteiger partial charge in [-0.3, -0.25) is 4.79 Å². The number of carbonyl (C=O) groups excluding carboxylic acids is 1. The van der Waals surface area contributed by atoms with Crippen LogP contribution in [0.1, 0.15) is 80.1 Å². The van der Waals surface area contributed by atoms with Crippen molar-refractivity contribution in [2.24, 2.45) is 34.8 Å². The molecule has 1 amide bonds. The number of carbonyl (C=O) groups is 1. The first-order valence-corrected chi connectivity index (χ1v) is 12.9. The van der Waals surface area contributed by atoms with Crippen molar-refractivity contribution in [2.75, 3.05) is 13.1 Å². The van der Waals surface area contributed by atoms with Crippen LogP contribution in [-0.2, 0) is 6.54 Å². The van der Waals surface area contributed by atoms with Crippen LogP contribution >= 0.6 is 36.4 Å². The Hall–Kier alpha value is -0.520. The molecule has 0 atom stereocenters. The number of nitrogens with one attached hydrogen (secondary N) is 2. The Bertz CT molecular complexity index is 775. The molecular formula is C26H40Cl3N3O. The molecule has 5 aliphatic carbocycles. The van der Waals surface area contributed by atoms with Crippen LogP contribution in [0.25, 0.3) is 0 Å². The molecule has 0 saturated heterocycles. The molecule has 0 radical (unpaired) electrons. The van der Waals surface area contributed by atoms with Crippen molar-refractivity contribution in [1.29, 1.82) is 0 Å². The fourth-order valence-corrected chi connectivity index (χ4v) is 7.79. The molecular weight excluding hydrogens is 477 g/mol. The topological polar surface area (TPSA) is 67.1 Å². The summed E-state index contributed by atoms with van der Waals surface area (Å²) in [6.45, 7) is 2.41. The molecule has 0 heterocycles. The zero-order valence-electron chi connectivity index (χ0n) is 19.5. The van der Waals surface area contributed by atoms with Crippen molar-refractivity contribution >= 4 is 42.3 Å². The molecule has 186 valence electrons. The SMILES string of the molecule is Cl.Cl.NCC1CCC(NCc2ccc(Cl)c(C(=O)NCC34CC5CC(CC(C5)C3)C4)c2)CC1. The normalized spacial score (nSPS) is 34.3. The number of halogens is 3. The van der Waals surface area contributed by atoms with E-state index in [0.29, 0.717) is 28.0 Å². The molecule has 1 aromatic rings. The number of benzene rings is 1. The van der Waals surface area contributed by atoms with Gasteiger partial charge < -0.3 is 16.4 Å². The molecule has 33 heavy (non-hydrogen) atoms. The third-order valence-electron chi connectivity index (χ3n) is 8.84. The predicted molar refractivity (Wildman–Crippen MR) is 141 cm³/mol. The average Bonchev–Trinajstić information content (AvgIpc) is 2.76. The minimum atomic E-state index is -0.00829. The highest BCUT2D eigenvalue weighted by Crippen LogP contribution is 2.59. The van der Waals surface area contributed by atoms with E-state index in [2.05, 4.69) is 10.6 Å². The standard InChI is InChI=1S/C26H38ClN3O.2ClH/c27-24-6-3-18(15-29-22-4-1-17(14-28)2-5-22)10-23(24)25(31)30-16-26-11-19-7-20(12-26)9-21(8-19)13-26;;/h3,6,10,17,19-22,29H,1-2,4-5,7-9,11-16,28H2,(H,30,31);2*1H. The molecule has 4 bridgehead atoms. The van der Waals surface area contributed by atoms with E-state index in [4.69, 9.17) is 17.3 Å². The zero-order chi connectivity index (χ0) is 21.4. The van der Waals surface area contributed by atoms with Crippen molar-refractivity contribution in [1.82, 2.24) is 10.6 Å². The molecule has 0 unspecified atom stereocenters. The summed E-state index contributed by atoms with van der Waals surface area (Å²) in [6.07, 6.45) is 13.0. The van der Waals surface area contributed by atoms with Crippen LogP contribution in [0.15, 0.2) is 18.2 Å². The monoisotopic (exact) mass is 515 g/mol. The van der Waals surface area contributed by atoms with E-state index >= 15 is 0 Å². The van der Waals surface area contributed by atoms with E-state index in [9.17, 15) is 4.79 Å². The Morgan fingerprint density at radius 2 is 1.61 bits per heavy atom. The van der Waals surface area contributed by atoms with Crippen LogP contribution in [0.3, 0.4) is 0 Å². The van der Waals surface area contributed by atoms with Gasteiger partial charge in [-0.2, -0.15) is 0 Å². The summed E-state index contributed by atoms with van der Waals surface area (Å²) in [5.41, 5.74) is 7.91. The molecule has 5 fully saturated rings. The Kier molecular flexibility index (Phi) is 9.42. The van der Waals surface area contributed by atoms with E-state index in [1.165, 1.54) is 64.2 Å². The molecule has 0 aromatic heterocycles. The van der Waals surface area contributed by atoms with Gasteiger partial charge in [0.1, 0.15) is 0 Å². The van der Waals surface area contributed by atoms with Gasteiger partial charge in [0.25, 0.3) is 5.91 Å². The third-order valence-corrected chi connectivity index (χ3v) is 9.17. The molecule has 4 nitrogen and oxygen atoms in total. The van der Waals surface area contributed by atoms with Gasteiger partial charge in [-0.15, -0.1) is 24.8 Å². The molecule has 6 rings (SSSR count). The van der Waals surface area contributed by atoms with Crippen molar-refractivity contribution in [3.63, 3.8) is 0 Å². The summed E-state index contributed by atoms with van der Waals surface area (Å²) in [5, 5.41) is 7.51. The van der Waals surface area contributed by atoms with Crippen molar-refractivity contribution < 1.29 is 4.79 Å². The van der Waals surface area contributed by atoms with E-state index < -0.39 is 0 Å². The second-order valence-electron chi connectivity index (χ2n) is 11.2. The van der Waals surface area contributed by atoms with Gasteiger partial charge in [0.05, 0.1) is 10.6 Å². The predicted octanol–water partition coefficient (Wildman–Crippen LogP) is 5.74. The van der Waals surface area contributed by atoms with Crippen LogP contribution in [0.4, 0.5) is 0 Å². The lowest BCUT2D eigenvalue weighted by atomic mass is 9.49. The lowest BCUT2D eigenvalue weighted by Gasteiger charge is -2.56. The van der Waals surface area contributed by atoms with Crippen LogP contribution in [0, 0.1) is 29.1 Å². The lowest BCUT2D eigenvalue weighted by molar-refractivity contribution is -0.0503. The summed E-state index contributed by atoms with van der Waals surface area (Å²) >= 11 is 6.43. The molecule has 1 aromatic carbocycles. The van der Waals surface area contributed by atoms with Gasteiger partial charge in [-0.1, -0.05) is 17.7 Å². The summed E-state index contributed by atoms with van der Waals surface area (Å²) in [4.78, 5) is 13.1. The van der Waals surface area contributed by atoms with Gasteiger partial charge in [0.15, 0.2) is 0 Å². The van der Waals surface area contributed by atoms with Crippen LogP contribution < -0.4 is 16.4 Å². The first-order valence-electron chi connectivity index (χ1n) is 12.5. The molecule has 0 aliphatic heterocycles. The average molecular weight is 517 g/mol. The van der Waals surface area contributed by atoms with Gasteiger partial charge in [0, 0.05) is 19.1 Å². The lowest BCUT2D eigenvalue weighted by Crippen LogP contribution is -2.51. The minimum Gasteiger partial charge on any atom is -0.351 e. The second kappa shape index (κ2) is 11.5. The van der Waals surface area contributed by atoms with Crippen LogP contribution in [0.2, 0.25) is 5.02 Å². The third kappa shape index (κ3) is 6.19. The first kappa shape index (κ1) is 27.1. The number of rotatable bonds is 7. The van der Waals surface area contributed by atoms with Crippen molar-refractivity contribution in [3.05, 3.63) is 34.3 Å². The molecule has 7 heteroatoms. The highest BCUT2D eigenvalue weighted by Gasteiger charge is 2.50. The number of nitrogens with two attached hydrogens (primary N) is 1. The Morgan fingerprint density at radius 1 is 1.00 bits per heavy atom.